The van der Waals surface area contributed by atoms with Gasteiger partial charge in [0.05, 0.1) is 5.60 Å². The first-order chi connectivity index (χ1) is 7.02. The van der Waals surface area contributed by atoms with E-state index in [9.17, 15) is 9.50 Å². The van der Waals surface area contributed by atoms with Crippen molar-refractivity contribution in [2.45, 2.75) is 26.1 Å². The molecule has 2 rings (SSSR count). The number of benzene rings is 1. The molecule has 1 aromatic carbocycles. The van der Waals surface area contributed by atoms with Crippen molar-refractivity contribution in [3.63, 3.8) is 0 Å². The number of alkyl halides is 1. The van der Waals surface area contributed by atoms with Gasteiger partial charge < -0.3 is 14.6 Å². The van der Waals surface area contributed by atoms with Crippen LogP contribution >= 0.6 is 0 Å². The second-order valence-electron chi connectivity index (χ2n) is 4.06. The lowest BCUT2D eigenvalue weighted by atomic mass is 9.93. The van der Waals surface area contributed by atoms with E-state index in [1.165, 1.54) is 0 Å². The molecule has 4 heteroatoms. The van der Waals surface area contributed by atoms with Gasteiger partial charge in [0.1, 0.15) is 6.67 Å². The van der Waals surface area contributed by atoms with Gasteiger partial charge in [0, 0.05) is 0 Å². The summed E-state index contributed by atoms with van der Waals surface area (Å²) in [5, 5.41) is 9.87. The van der Waals surface area contributed by atoms with E-state index < -0.39 is 12.3 Å². The van der Waals surface area contributed by atoms with Crippen molar-refractivity contribution in [2.24, 2.45) is 0 Å². The third-order valence-electron chi connectivity index (χ3n) is 2.40. The second kappa shape index (κ2) is 3.38. The van der Waals surface area contributed by atoms with E-state index in [-0.39, 0.29) is 6.79 Å². The second-order valence-corrected chi connectivity index (χ2v) is 4.06. The standard InChI is InChI=1S/C11H13FO3/c1-11(2,13)8-4-10-9(14-6-15-10)3-7(8)5-12/h3-4,13H,5-6H2,1-2H3. The quantitative estimate of drug-likeness (QED) is 0.816. The van der Waals surface area contributed by atoms with Crippen LogP contribution in [0.15, 0.2) is 12.1 Å². The van der Waals surface area contributed by atoms with Crippen LogP contribution in [0.5, 0.6) is 11.5 Å². The maximum atomic E-state index is 12.8. The Labute approximate surface area is 87.4 Å². The molecule has 0 radical (unpaired) electrons. The number of hydrogen-bond acceptors (Lipinski definition) is 3. The highest BCUT2D eigenvalue weighted by molar-refractivity contribution is 5.50. The van der Waals surface area contributed by atoms with E-state index in [1.807, 2.05) is 0 Å². The minimum Gasteiger partial charge on any atom is -0.454 e. The van der Waals surface area contributed by atoms with Crippen LogP contribution in [0.2, 0.25) is 0 Å². The van der Waals surface area contributed by atoms with Gasteiger partial charge in [-0.2, -0.15) is 0 Å². The maximum Gasteiger partial charge on any atom is 0.231 e. The molecule has 0 unspecified atom stereocenters. The zero-order valence-electron chi connectivity index (χ0n) is 8.71. The lowest BCUT2D eigenvalue weighted by molar-refractivity contribution is 0.0767. The summed E-state index contributed by atoms with van der Waals surface area (Å²) in [4.78, 5) is 0. The summed E-state index contributed by atoms with van der Waals surface area (Å²) in [7, 11) is 0. The minimum atomic E-state index is -1.08. The first-order valence-electron chi connectivity index (χ1n) is 4.73. The SMILES string of the molecule is CC(C)(O)c1cc2c(cc1CF)OCO2. The summed E-state index contributed by atoms with van der Waals surface area (Å²) in [6.07, 6.45) is 0. The van der Waals surface area contributed by atoms with Gasteiger partial charge in [-0.15, -0.1) is 0 Å². The van der Waals surface area contributed by atoms with Crippen LogP contribution in [-0.4, -0.2) is 11.9 Å². The Morgan fingerprint density at radius 3 is 2.47 bits per heavy atom. The molecule has 15 heavy (non-hydrogen) atoms. The molecule has 82 valence electrons. The molecule has 1 aliphatic heterocycles. The molecular formula is C11H13FO3. The predicted octanol–water partition coefficient (Wildman–Crippen LogP) is 2.11. The number of rotatable bonds is 2. The summed E-state index contributed by atoms with van der Waals surface area (Å²) >= 11 is 0. The zero-order chi connectivity index (χ0) is 11.1. The normalized spacial score (nSPS) is 14.4. The lowest BCUT2D eigenvalue weighted by Crippen LogP contribution is -2.17. The van der Waals surface area contributed by atoms with E-state index in [1.54, 1.807) is 26.0 Å². The van der Waals surface area contributed by atoms with Crippen LogP contribution in [-0.2, 0) is 12.3 Å². The molecule has 0 spiro atoms. The van der Waals surface area contributed by atoms with Gasteiger partial charge in [0.2, 0.25) is 6.79 Å². The highest BCUT2D eigenvalue weighted by Crippen LogP contribution is 2.38. The van der Waals surface area contributed by atoms with Crippen LogP contribution in [0.3, 0.4) is 0 Å². The summed E-state index contributed by atoms with van der Waals surface area (Å²) < 4.78 is 23.1. The Bertz CT molecular complexity index is 382. The monoisotopic (exact) mass is 212 g/mol. The summed E-state index contributed by atoms with van der Waals surface area (Å²) in [5.74, 6) is 1.10. The predicted molar refractivity (Wildman–Crippen MR) is 52.6 cm³/mol. The molecule has 0 aliphatic carbocycles. The van der Waals surface area contributed by atoms with Crippen molar-refractivity contribution in [2.75, 3.05) is 6.79 Å². The molecular weight excluding hydrogens is 199 g/mol. The number of fused-ring (bicyclic) bond motifs is 1. The molecule has 1 heterocycles. The van der Waals surface area contributed by atoms with E-state index in [0.29, 0.717) is 22.6 Å². The average Bonchev–Trinajstić information content (AvgIpc) is 2.60. The number of ether oxygens (including phenoxy) is 2. The van der Waals surface area contributed by atoms with Crippen LogP contribution in [0.1, 0.15) is 25.0 Å². The van der Waals surface area contributed by atoms with E-state index in [0.717, 1.165) is 0 Å². The van der Waals surface area contributed by atoms with Crippen molar-refractivity contribution in [1.82, 2.24) is 0 Å². The molecule has 0 fully saturated rings. The molecule has 1 aromatic rings. The van der Waals surface area contributed by atoms with Gasteiger partial charge in [-0.05, 0) is 37.1 Å². The van der Waals surface area contributed by atoms with Gasteiger partial charge in [0.15, 0.2) is 11.5 Å². The van der Waals surface area contributed by atoms with Crippen molar-refractivity contribution < 1.29 is 19.0 Å². The zero-order valence-corrected chi connectivity index (χ0v) is 8.71. The molecule has 0 atom stereocenters. The third kappa shape index (κ3) is 1.77. The van der Waals surface area contributed by atoms with Crippen LogP contribution in [0.4, 0.5) is 4.39 Å². The Morgan fingerprint density at radius 2 is 1.93 bits per heavy atom. The Balaban J connectivity index is 2.54. The molecule has 0 aromatic heterocycles. The fraction of sp³-hybridized carbons (Fsp3) is 0.455. The summed E-state index contributed by atoms with van der Waals surface area (Å²) in [6, 6.07) is 3.22. The van der Waals surface area contributed by atoms with Gasteiger partial charge in [-0.1, -0.05) is 0 Å². The first kappa shape index (κ1) is 10.2. The maximum absolute atomic E-state index is 12.8. The van der Waals surface area contributed by atoms with E-state index >= 15 is 0 Å². The van der Waals surface area contributed by atoms with Crippen molar-refractivity contribution in [1.29, 1.82) is 0 Å². The third-order valence-corrected chi connectivity index (χ3v) is 2.40. The van der Waals surface area contributed by atoms with Crippen molar-refractivity contribution in [3.05, 3.63) is 23.3 Å². The van der Waals surface area contributed by atoms with E-state index in [2.05, 4.69) is 0 Å². The van der Waals surface area contributed by atoms with Crippen molar-refractivity contribution in [3.8, 4) is 11.5 Å². The Hall–Kier alpha value is -1.29. The van der Waals surface area contributed by atoms with Crippen LogP contribution in [0, 0.1) is 0 Å². The van der Waals surface area contributed by atoms with Gasteiger partial charge >= 0.3 is 0 Å². The Morgan fingerprint density at radius 1 is 1.33 bits per heavy atom. The van der Waals surface area contributed by atoms with Crippen LogP contribution in [0.25, 0.3) is 0 Å². The average molecular weight is 212 g/mol. The minimum absolute atomic E-state index is 0.149. The molecule has 3 nitrogen and oxygen atoms in total. The molecule has 1 N–H and O–H groups in total. The highest BCUT2D eigenvalue weighted by atomic mass is 19.1. The Kier molecular flexibility index (Phi) is 2.31. The molecule has 0 saturated heterocycles. The number of halogens is 1. The largest absolute Gasteiger partial charge is 0.454 e. The van der Waals surface area contributed by atoms with Crippen molar-refractivity contribution >= 4 is 0 Å². The molecule has 0 amide bonds. The smallest absolute Gasteiger partial charge is 0.231 e. The van der Waals surface area contributed by atoms with Gasteiger partial charge in [-0.25, -0.2) is 4.39 Å². The fourth-order valence-electron chi connectivity index (χ4n) is 1.66. The molecule has 1 aliphatic rings. The number of aliphatic hydroxyl groups is 1. The summed E-state index contributed by atoms with van der Waals surface area (Å²) in [5.41, 5.74) is -0.108. The number of hydrogen-bond donors (Lipinski definition) is 1. The van der Waals surface area contributed by atoms with Crippen LogP contribution < -0.4 is 9.47 Å². The highest BCUT2D eigenvalue weighted by Gasteiger charge is 2.25. The fourth-order valence-corrected chi connectivity index (χ4v) is 1.66. The van der Waals surface area contributed by atoms with E-state index in [4.69, 9.17) is 9.47 Å². The summed E-state index contributed by atoms with van der Waals surface area (Å²) in [6.45, 7) is 2.75. The molecule has 0 saturated carbocycles. The molecule has 0 bridgehead atoms. The lowest BCUT2D eigenvalue weighted by Gasteiger charge is -2.21. The first-order valence-corrected chi connectivity index (χ1v) is 4.73. The topological polar surface area (TPSA) is 38.7 Å². The van der Waals surface area contributed by atoms with Gasteiger partial charge in [-0.3, -0.25) is 0 Å². The van der Waals surface area contributed by atoms with Gasteiger partial charge in [0.25, 0.3) is 0 Å².